The number of rotatable bonds is 7. The fourth-order valence-corrected chi connectivity index (χ4v) is 3.20. The number of ether oxygens (including phenoxy) is 1. The van der Waals surface area contributed by atoms with Gasteiger partial charge < -0.3 is 24.9 Å². The summed E-state index contributed by atoms with van der Waals surface area (Å²) in [5.41, 5.74) is -1.93. The molecule has 0 radical (unpaired) electrons. The number of imidazole rings is 1. The second-order valence-corrected chi connectivity index (χ2v) is 7.21. The molecule has 2 aromatic carbocycles. The van der Waals surface area contributed by atoms with Crippen molar-refractivity contribution in [3.63, 3.8) is 0 Å². The summed E-state index contributed by atoms with van der Waals surface area (Å²) in [5, 5.41) is 32.1. The van der Waals surface area contributed by atoms with Crippen LogP contribution in [0.15, 0.2) is 47.4 Å². The maximum absolute atomic E-state index is 12.1. The van der Waals surface area contributed by atoms with Crippen LogP contribution in [0.2, 0.25) is 0 Å². The average Bonchev–Trinajstić information content (AvgIpc) is 3.30. The zero-order valence-corrected chi connectivity index (χ0v) is 17.8. The Kier molecular flexibility index (Phi) is 6.11. The van der Waals surface area contributed by atoms with Gasteiger partial charge in [0.05, 0.1) is 39.0 Å². The van der Waals surface area contributed by atoms with Crippen molar-refractivity contribution in [3.05, 3.63) is 80.0 Å². The predicted molar refractivity (Wildman–Crippen MR) is 121 cm³/mol. The highest BCUT2D eigenvalue weighted by atomic mass is 16.6. The molecule has 0 unspecified atom stereocenters. The second kappa shape index (κ2) is 9.34. The van der Waals surface area contributed by atoms with E-state index in [1.165, 1.54) is 36.5 Å². The summed E-state index contributed by atoms with van der Waals surface area (Å²) in [5.74, 6) is -2.73. The molecule has 4 rings (SSSR count). The van der Waals surface area contributed by atoms with Gasteiger partial charge in [-0.3, -0.25) is 20.2 Å². The number of anilines is 1. The Morgan fingerprint density at radius 1 is 1.11 bits per heavy atom. The third-order valence-corrected chi connectivity index (χ3v) is 4.81. The van der Waals surface area contributed by atoms with Crippen LogP contribution in [0.3, 0.4) is 0 Å². The Bertz CT molecular complexity index is 1610. The van der Waals surface area contributed by atoms with Crippen molar-refractivity contribution < 1.29 is 34.3 Å². The minimum Gasteiger partial charge on any atom is -0.478 e. The number of fused-ring (bicyclic) bond motifs is 1. The van der Waals surface area contributed by atoms with Gasteiger partial charge in [-0.1, -0.05) is 6.07 Å². The monoisotopic (exact) mass is 494 g/mol. The lowest BCUT2D eigenvalue weighted by Crippen LogP contribution is -2.19. The number of H-pyrrole nitrogens is 2. The van der Waals surface area contributed by atoms with Crippen molar-refractivity contribution in [2.45, 2.75) is 6.61 Å². The van der Waals surface area contributed by atoms with Crippen LogP contribution in [0.1, 0.15) is 26.5 Å². The highest BCUT2D eigenvalue weighted by Crippen LogP contribution is 2.31. The van der Waals surface area contributed by atoms with Crippen LogP contribution < -0.4 is 10.9 Å². The van der Waals surface area contributed by atoms with E-state index in [0.717, 1.165) is 6.07 Å². The zero-order chi connectivity index (χ0) is 26.0. The van der Waals surface area contributed by atoms with E-state index in [0.29, 0.717) is 0 Å². The summed E-state index contributed by atoms with van der Waals surface area (Å²) in [7, 11) is 0. The molecule has 0 atom stereocenters. The number of nitrogens with one attached hydrogen (secondary N) is 3. The van der Waals surface area contributed by atoms with Crippen LogP contribution in [-0.4, -0.2) is 53.1 Å². The molecule has 2 aromatic heterocycles. The molecule has 1 amide bonds. The van der Waals surface area contributed by atoms with Gasteiger partial charge in [-0.25, -0.2) is 24.4 Å². The molecule has 15 heteroatoms. The predicted octanol–water partition coefficient (Wildman–Crippen LogP) is 2.37. The van der Waals surface area contributed by atoms with Gasteiger partial charge in [0.2, 0.25) is 5.69 Å². The lowest BCUT2D eigenvalue weighted by molar-refractivity contribution is -0.384. The maximum atomic E-state index is 12.1. The topological polar surface area (TPSA) is 230 Å². The fourth-order valence-electron chi connectivity index (χ4n) is 3.20. The highest BCUT2D eigenvalue weighted by molar-refractivity contribution is 5.92. The molecular weight excluding hydrogens is 480 g/mol. The maximum Gasteiger partial charge on any atom is 0.412 e. The number of nitro groups is 1. The van der Waals surface area contributed by atoms with E-state index >= 15 is 0 Å². The molecule has 0 fully saturated rings. The average molecular weight is 494 g/mol. The first-order valence-electron chi connectivity index (χ1n) is 9.89. The Morgan fingerprint density at radius 2 is 1.89 bits per heavy atom. The summed E-state index contributed by atoms with van der Waals surface area (Å²) in [6.07, 6.45) is 0.379. The molecule has 36 heavy (non-hydrogen) atoms. The molecule has 0 aliphatic rings. The van der Waals surface area contributed by atoms with Gasteiger partial charge >= 0.3 is 18.0 Å². The summed E-state index contributed by atoms with van der Waals surface area (Å²) in [4.78, 5) is 69.9. The Labute approximate surface area is 198 Å². The third-order valence-electron chi connectivity index (χ3n) is 4.81. The minimum absolute atomic E-state index is 0.00152. The number of nitro benzene ring substituents is 1. The standard InChI is InChI=1S/C21H14N6O9/c28-18-16(20(31)32)25-13-5-12(15(27(34)35)6-14(13)26-18)17-22-7-11(23-17)8-36-21(33)24-10-3-1-2-9(4-10)19(29)30/h1-7H,8H2,(H,22,23)(H,24,33)(H,26,28)(H,29,30)(H,31,32). The Balaban J connectivity index is 1.56. The lowest BCUT2D eigenvalue weighted by atomic mass is 10.1. The normalized spacial score (nSPS) is 10.7. The first kappa shape index (κ1) is 23.6. The van der Waals surface area contributed by atoms with E-state index in [9.17, 15) is 29.3 Å². The van der Waals surface area contributed by atoms with Crippen molar-refractivity contribution in [1.29, 1.82) is 0 Å². The summed E-state index contributed by atoms with van der Waals surface area (Å²) in [6.45, 7) is -0.312. The number of carboxylic acid groups (broad SMARTS) is 2. The molecule has 4 aromatic rings. The number of hydrogen-bond acceptors (Lipinski definition) is 9. The van der Waals surface area contributed by atoms with Gasteiger partial charge in [-0.2, -0.15) is 0 Å². The number of benzene rings is 2. The van der Waals surface area contributed by atoms with Crippen LogP contribution in [-0.2, 0) is 11.3 Å². The Morgan fingerprint density at radius 3 is 2.58 bits per heavy atom. The quantitative estimate of drug-likeness (QED) is 0.185. The number of carbonyl (C=O) groups is 3. The number of amides is 1. The van der Waals surface area contributed by atoms with Crippen LogP contribution in [0.4, 0.5) is 16.2 Å². The number of carbonyl (C=O) groups excluding carboxylic acids is 1. The zero-order valence-electron chi connectivity index (χ0n) is 17.8. The second-order valence-electron chi connectivity index (χ2n) is 7.21. The molecule has 0 spiro atoms. The first-order valence-corrected chi connectivity index (χ1v) is 9.89. The number of carboxylic acids is 2. The molecule has 0 bridgehead atoms. The molecule has 0 saturated carbocycles. The number of aromatic amines is 2. The van der Waals surface area contributed by atoms with Gasteiger partial charge in [0.15, 0.2) is 0 Å². The van der Waals surface area contributed by atoms with E-state index in [2.05, 4.69) is 25.3 Å². The fraction of sp³-hybridized carbons (Fsp3) is 0.0476. The number of nitrogens with zero attached hydrogens (tertiary/aromatic N) is 3. The molecule has 15 nitrogen and oxygen atoms in total. The van der Waals surface area contributed by atoms with Crippen molar-refractivity contribution in [3.8, 4) is 11.4 Å². The molecule has 0 saturated heterocycles. The third kappa shape index (κ3) is 4.84. The van der Waals surface area contributed by atoms with Gasteiger partial charge in [-0.15, -0.1) is 0 Å². The SMILES string of the molecule is O=C(Nc1cccc(C(=O)O)c1)OCc1cnc(-c2cc3nc(C(=O)O)c(=O)[nH]c3cc2[N+](=O)[O-])[nH]1. The summed E-state index contributed by atoms with van der Waals surface area (Å²) >= 11 is 0. The van der Waals surface area contributed by atoms with Crippen LogP contribution >= 0.6 is 0 Å². The van der Waals surface area contributed by atoms with E-state index in [4.69, 9.17) is 14.9 Å². The van der Waals surface area contributed by atoms with E-state index in [1.807, 2.05) is 0 Å². The number of aromatic nitrogens is 4. The molecule has 182 valence electrons. The van der Waals surface area contributed by atoms with E-state index in [1.54, 1.807) is 0 Å². The molecular formula is C21H14N6O9. The number of aromatic carboxylic acids is 2. The van der Waals surface area contributed by atoms with Crippen molar-refractivity contribution in [2.24, 2.45) is 0 Å². The lowest BCUT2D eigenvalue weighted by Gasteiger charge is -2.07. The van der Waals surface area contributed by atoms with Crippen LogP contribution in [0, 0.1) is 10.1 Å². The molecule has 0 aliphatic heterocycles. The van der Waals surface area contributed by atoms with Crippen molar-refractivity contribution >= 4 is 40.4 Å². The van der Waals surface area contributed by atoms with E-state index in [-0.39, 0.29) is 46.0 Å². The van der Waals surface area contributed by atoms with Crippen LogP contribution in [0.25, 0.3) is 22.4 Å². The van der Waals surface area contributed by atoms with Gasteiger partial charge in [0.1, 0.15) is 12.4 Å². The Hall–Kier alpha value is -5.60. The molecule has 5 N–H and O–H groups in total. The van der Waals surface area contributed by atoms with Gasteiger partial charge in [0, 0.05) is 11.8 Å². The highest BCUT2D eigenvalue weighted by Gasteiger charge is 2.22. The van der Waals surface area contributed by atoms with Crippen molar-refractivity contribution in [1.82, 2.24) is 19.9 Å². The van der Waals surface area contributed by atoms with Crippen LogP contribution in [0.5, 0.6) is 0 Å². The van der Waals surface area contributed by atoms with Gasteiger partial charge in [0.25, 0.3) is 11.2 Å². The largest absolute Gasteiger partial charge is 0.478 e. The smallest absolute Gasteiger partial charge is 0.412 e. The molecule has 0 aliphatic carbocycles. The van der Waals surface area contributed by atoms with E-state index < -0.39 is 39.9 Å². The van der Waals surface area contributed by atoms with Crippen molar-refractivity contribution in [2.75, 3.05) is 5.32 Å². The van der Waals surface area contributed by atoms with Gasteiger partial charge in [-0.05, 0) is 24.3 Å². The summed E-state index contributed by atoms with van der Waals surface area (Å²) in [6, 6.07) is 7.74. The first-order chi connectivity index (χ1) is 17.1. The number of hydrogen-bond donors (Lipinski definition) is 5. The molecule has 2 heterocycles. The summed E-state index contributed by atoms with van der Waals surface area (Å²) < 4.78 is 5.06. The minimum atomic E-state index is -1.57.